The summed E-state index contributed by atoms with van der Waals surface area (Å²) in [4.78, 5) is 2.43. The Kier molecular flexibility index (Phi) is 5.77. The lowest BCUT2D eigenvalue weighted by atomic mass is 9.89. The molecule has 1 aliphatic rings. The highest BCUT2D eigenvalue weighted by atomic mass is 35.5. The van der Waals surface area contributed by atoms with Gasteiger partial charge in [-0.1, -0.05) is 25.4 Å². The first-order valence-electron chi connectivity index (χ1n) is 7.90. The van der Waals surface area contributed by atoms with Crippen molar-refractivity contribution in [2.75, 3.05) is 25.5 Å². The number of hydrogen-bond acceptors (Lipinski definition) is 3. The molecule has 0 bridgehead atoms. The van der Waals surface area contributed by atoms with Gasteiger partial charge in [0, 0.05) is 23.7 Å². The summed E-state index contributed by atoms with van der Waals surface area (Å²) >= 11 is 6.15. The number of hydrogen-bond donors (Lipinski definition) is 1. The van der Waals surface area contributed by atoms with Crippen molar-refractivity contribution < 1.29 is 4.74 Å². The number of halogens is 1. The molecule has 0 aliphatic carbocycles. The standard InChI is InChI=1S/C17H27ClN2O/c1-5-8-21-17-7-6-14(18)10-16(17)19-15-9-13(3)20(4)11-12(15)2/h6-7,10,12-13,15,19H,5,8-9,11H2,1-4H3. The summed E-state index contributed by atoms with van der Waals surface area (Å²) < 4.78 is 5.83. The van der Waals surface area contributed by atoms with E-state index in [-0.39, 0.29) is 0 Å². The minimum atomic E-state index is 0.457. The van der Waals surface area contributed by atoms with E-state index in [1.54, 1.807) is 0 Å². The van der Waals surface area contributed by atoms with E-state index in [1.807, 2.05) is 18.2 Å². The first-order chi connectivity index (χ1) is 10.0. The molecule has 21 heavy (non-hydrogen) atoms. The second kappa shape index (κ2) is 7.37. The molecule has 1 aromatic carbocycles. The Balaban J connectivity index is 2.12. The molecule has 118 valence electrons. The third-order valence-corrected chi connectivity index (χ3v) is 4.59. The van der Waals surface area contributed by atoms with Crippen molar-refractivity contribution in [2.45, 2.75) is 45.7 Å². The normalized spacial score (nSPS) is 26.6. The van der Waals surface area contributed by atoms with Crippen LogP contribution in [0.25, 0.3) is 0 Å². The van der Waals surface area contributed by atoms with Crippen LogP contribution in [-0.4, -0.2) is 37.2 Å². The molecule has 1 heterocycles. The fraction of sp³-hybridized carbons (Fsp3) is 0.647. The third-order valence-electron chi connectivity index (χ3n) is 4.35. The zero-order chi connectivity index (χ0) is 15.4. The average molecular weight is 311 g/mol. The number of anilines is 1. The molecule has 0 amide bonds. The number of rotatable bonds is 5. The molecule has 0 aromatic heterocycles. The molecule has 1 fully saturated rings. The van der Waals surface area contributed by atoms with Crippen LogP contribution in [-0.2, 0) is 0 Å². The fourth-order valence-corrected chi connectivity index (χ4v) is 3.07. The van der Waals surface area contributed by atoms with Crippen LogP contribution in [0.5, 0.6) is 5.75 Å². The summed E-state index contributed by atoms with van der Waals surface area (Å²) in [7, 11) is 2.20. The van der Waals surface area contributed by atoms with Crippen LogP contribution < -0.4 is 10.1 Å². The van der Waals surface area contributed by atoms with Crippen LogP contribution in [0.1, 0.15) is 33.6 Å². The maximum atomic E-state index is 6.15. The molecule has 1 N–H and O–H groups in total. The predicted molar refractivity (Wildman–Crippen MR) is 90.5 cm³/mol. The van der Waals surface area contributed by atoms with Gasteiger partial charge in [0.15, 0.2) is 0 Å². The average Bonchev–Trinajstić information content (AvgIpc) is 2.44. The SMILES string of the molecule is CCCOc1ccc(Cl)cc1NC1CC(C)N(C)CC1C. The Hall–Kier alpha value is -0.930. The molecule has 3 atom stereocenters. The van der Waals surface area contributed by atoms with Gasteiger partial charge in [0.05, 0.1) is 12.3 Å². The van der Waals surface area contributed by atoms with Crippen molar-refractivity contribution in [3.63, 3.8) is 0 Å². The van der Waals surface area contributed by atoms with Gasteiger partial charge in [-0.3, -0.25) is 0 Å². The predicted octanol–water partition coefficient (Wildman–Crippen LogP) is 4.27. The second-order valence-corrected chi connectivity index (χ2v) is 6.68. The highest BCUT2D eigenvalue weighted by molar-refractivity contribution is 6.30. The van der Waals surface area contributed by atoms with Crippen LogP contribution in [0.3, 0.4) is 0 Å². The quantitative estimate of drug-likeness (QED) is 0.879. The van der Waals surface area contributed by atoms with Crippen molar-refractivity contribution in [2.24, 2.45) is 5.92 Å². The molecular weight excluding hydrogens is 284 g/mol. The molecule has 0 saturated carbocycles. The first kappa shape index (κ1) is 16.4. The maximum Gasteiger partial charge on any atom is 0.142 e. The van der Waals surface area contributed by atoms with Gasteiger partial charge in [-0.05, 0) is 50.9 Å². The van der Waals surface area contributed by atoms with Crippen molar-refractivity contribution in [1.82, 2.24) is 4.90 Å². The number of ether oxygens (including phenoxy) is 1. The molecule has 3 unspecified atom stereocenters. The number of nitrogens with one attached hydrogen (secondary N) is 1. The molecular formula is C17H27ClN2O. The van der Waals surface area contributed by atoms with Gasteiger partial charge in [0.25, 0.3) is 0 Å². The second-order valence-electron chi connectivity index (χ2n) is 6.24. The summed E-state index contributed by atoms with van der Waals surface area (Å²) in [6, 6.07) is 6.88. The van der Waals surface area contributed by atoms with Crippen molar-refractivity contribution in [3.05, 3.63) is 23.2 Å². The Morgan fingerprint density at radius 2 is 2.14 bits per heavy atom. The summed E-state index contributed by atoms with van der Waals surface area (Å²) in [6.07, 6.45) is 2.14. The summed E-state index contributed by atoms with van der Waals surface area (Å²) in [5.41, 5.74) is 1.02. The van der Waals surface area contributed by atoms with Crippen LogP contribution in [0.2, 0.25) is 5.02 Å². The Bertz CT molecular complexity index is 466. The van der Waals surface area contributed by atoms with E-state index >= 15 is 0 Å². The Labute approximate surface area is 133 Å². The lowest BCUT2D eigenvalue weighted by Crippen LogP contribution is -2.48. The maximum absolute atomic E-state index is 6.15. The monoisotopic (exact) mass is 310 g/mol. The smallest absolute Gasteiger partial charge is 0.142 e. The fourth-order valence-electron chi connectivity index (χ4n) is 2.89. The summed E-state index contributed by atoms with van der Waals surface area (Å²) in [5.74, 6) is 1.50. The molecule has 4 heteroatoms. The van der Waals surface area contributed by atoms with Gasteiger partial charge in [-0.15, -0.1) is 0 Å². The molecule has 3 nitrogen and oxygen atoms in total. The van der Waals surface area contributed by atoms with Crippen molar-refractivity contribution in [3.8, 4) is 5.75 Å². The van der Waals surface area contributed by atoms with Crippen molar-refractivity contribution in [1.29, 1.82) is 0 Å². The van der Waals surface area contributed by atoms with E-state index in [9.17, 15) is 0 Å². The minimum Gasteiger partial charge on any atom is -0.491 e. The molecule has 0 radical (unpaired) electrons. The van der Waals surface area contributed by atoms with Gasteiger partial charge in [0.2, 0.25) is 0 Å². The number of nitrogens with zero attached hydrogens (tertiary/aromatic N) is 1. The van der Waals surface area contributed by atoms with Crippen LogP contribution >= 0.6 is 11.6 Å². The number of piperidine rings is 1. The first-order valence-corrected chi connectivity index (χ1v) is 8.28. The van der Waals surface area contributed by atoms with Crippen LogP contribution in [0, 0.1) is 5.92 Å². The Morgan fingerprint density at radius 1 is 1.38 bits per heavy atom. The van der Waals surface area contributed by atoms with Gasteiger partial charge in [0.1, 0.15) is 5.75 Å². The zero-order valence-electron chi connectivity index (χ0n) is 13.5. The molecule has 2 rings (SSSR count). The van der Waals surface area contributed by atoms with E-state index in [2.05, 4.69) is 38.0 Å². The number of benzene rings is 1. The zero-order valence-corrected chi connectivity index (χ0v) is 14.3. The van der Waals surface area contributed by atoms with Gasteiger partial charge < -0.3 is 15.0 Å². The van der Waals surface area contributed by atoms with Crippen LogP contribution in [0.4, 0.5) is 5.69 Å². The third kappa shape index (κ3) is 4.27. The van der Waals surface area contributed by atoms with Gasteiger partial charge in [-0.25, -0.2) is 0 Å². The molecule has 1 aromatic rings. The van der Waals surface area contributed by atoms with E-state index in [0.29, 0.717) is 18.0 Å². The highest BCUT2D eigenvalue weighted by Crippen LogP contribution is 2.32. The summed E-state index contributed by atoms with van der Waals surface area (Å²) in [6.45, 7) is 8.55. The van der Waals surface area contributed by atoms with Gasteiger partial charge >= 0.3 is 0 Å². The molecule has 1 aliphatic heterocycles. The minimum absolute atomic E-state index is 0.457. The van der Waals surface area contributed by atoms with E-state index in [0.717, 1.165) is 42.5 Å². The Morgan fingerprint density at radius 3 is 2.86 bits per heavy atom. The topological polar surface area (TPSA) is 24.5 Å². The summed E-state index contributed by atoms with van der Waals surface area (Å²) in [5, 5.41) is 4.41. The van der Waals surface area contributed by atoms with E-state index < -0.39 is 0 Å². The van der Waals surface area contributed by atoms with E-state index in [1.165, 1.54) is 0 Å². The lowest BCUT2D eigenvalue weighted by molar-refractivity contribution is 0.145. The molecule has 0 spiro atoms. The van der Waals surface area contributed by atoms with Crippen LogP contribution in [0.15, 0.2) is 18.2 Å². The molecule has 1 saturated heterocycles. The largest absolute Gasteiger partial charge is 0.491 e. The van der Waals surface area contributed by atoms with Gasteiger partial charge in [-0.2, -0.15) is 0 Å². The lowest BCUT2D eigenvalue weighted by Gasteiger charge is -2.40. The highest BCUT2D eigenvalue weighted by Gasteiger charge is 2.29. The van der Waals surface area contributed by atoms with Crippen molar-refractivity contribution >= 4 is 17.3 Å². The van der Waals surface area contributed by atoms with E-state index in [4.69, 9.17) is 16.3 Å². The number of likely N-dealkylation sites (tertiary alicyclic amines) is 1.